The molecule has 1 N–H and O–H groups in total. The van der Waals surface area contributed by atoms with Gasteiger partial charge in [-0.3, -0.25) is 4.90 Å². The van der Waals surface area contributed by atoms with Gasteiger partial charge in [0.25, 0.3) is 0 Å². The van der Waals surface area contributed by atoms with Gasteiger partial charge in [0.05, 0.1) is 0 Å². The molecule has 0 aromatic carbocycles. The molecule has 2 unspecified atom stereocenters. The van der Waals surface area contributed by atoms with Gasteiger partial charge in [-0.15, -0.1) is 0 Å². The molecule has 2 aliphatic heterocycles. The SMILES string of the molecule is CC1CC(N(CC2CCNCC2)C2CC2)CN1C. The standard InChI is InChI=1S/C15H29N3/c1-12-9-15(11-17(12)2)18(14-3-4-14)10-13-5-7-16-8-6-13/h12-16H,3-11H2,1-2H3. The first kappa shape index (κ1) is 12.9. The monoisotopic (exact) mass is 251 g/mol. The molecule has 3 aliphatic rings. The van der Waals surface area contributed by atoms with Crippen molar-refractivity contribution in [2.45, 2.75) is 57.2 Å². The van der Waals surface area contributed by atoms with Crippen LogP contribution in [0.15, 0.2) is 0 Å². The van der Waals surface area contributed by atoms with Gasteiger partial charge in [-0.25, -0.2) is 0 Å². The van der Waals surface area contributed by atoms with Gasteiger partial charge in [0, 0.05) is 31.2 Å². The van der Waals surface area contributed by atoms with Gasteiger partial charge in [-0.2, -0.15) is 0 Å². The first-order valence-corrected chi connectivity index (χ1v) is 7.90. The van der Waals surface area contributed by atoms with Crippen LogP contribution in [0.1, 0.15) is 39.0 Å². The first-order chi connectivity index (χ1) is 8.74. The minimum atomic E-state index is 0.782. The maximum absolute atomic E-state index is 3.49. The van der Waals surface area contributed by atoms with Crippen LogP contribution in [0.5, 0.6) is 0 Å². The molecule has 2 heterocycles. The molecule has 0 spiro atoms. The third-order valence-corrected chi connectivity index (χ3v) is 5.28. The second-order valence-electron chi connectivity index (χ2n) is 6.80. The van der Waals surface area contributed by atoms with E-state index in [1.54, 1.807) is 0 Å². The Hall–Kier alpha value is -0.120. The molecule has 3 fully saturated rings. The molecule has 0 bridgehead atoms. The quantitative estimate of drug-likeness (QED) is 0.818. The lowest BCUT2D eigenvalue weighted by molar-refractivity contribution is 0.145. The zero-order valence-electron chi connectivity index (χ0n) is 12.1. The number of piperidine rings is 1. The highest BCUT2D eigenvalue weighted by atomic mass is 15.3. The highest BCUT2D eigenvalue weighted by Crippen LogP contribution is 2.34. The zero-order valence-corrected chi connectivity index (χ0v) is 12.1. The molecule has 1 aliphatic carbocycles. The summed E-state index contributed by atoms with van der Waals surface area (Å²) in [7, 11) is 2.29. The Bertz CT molecular complexity index is 261. The lowest BCUT2D eigenvalue weighted by atomic mass is 9.96. The molecule has 104 valence electrons. The molecule has 0 aromatic rings. The van der Waals surface area contributed by atoms with E-state index in [0.29, 0.717) is 0 Å². The van der Waals surface area contributed by atoms with Crippen molar-refractivity contribution in [1.82, 2.24) is 15.1 Å². The molecule has 3 heteroatoms. The Morgan fingerprint density at radius 1 is 1.11 bits per heavy atom. The predicted molar refractivity (Wildman–Crippen MR) is 75.8 cm³/mol. The topological polar surface area (TPSA) is 18.5 Å². The van der Waals surface area contributed by atoms with E-state index in [-0.39, 0.29) is 0 Å². The molecule has 0 radical (unpaired) electrons. The van der Waals surface area contributed by atoms with Crippen LogP contribution in [-0.4, -0.2) is 61.2 Å². The third-order valence-electron chi connectivity index (χ3n) is 5.28. The van der Waals surface area contributed by atoms with Crippen LogP contribution < -0.4 is 5.32 Å². The van der Waals surface area contributed by atoms with Crippen LogP contribution in [0.3, 0.4) is 0 Å². The third kappa shape index (κ3) is 2.89. The number of hydrogen-bond donors (Lipinski definition) is 1. The number of nitrogens with zero attached hydrogens (tertiary/aromatic N) is 2. The van der Waals surface area contributed by atoms with Gasteiger partial charge >= 0.3 is 0 Å². The fourth-order valence-corrected chi connectivity index (χ4v) is 3.77. The van der Waals surface area contributed by atoms with E-state index in [0.717, 1.165) is 24.0 Å². The summed E-state index contributed by atoms with van der Waals surface area (Å²) in [6.07, 6.45) is 7.08. The summed E-state index contributed by atoms with van der Waals surface area (Å²) in [6.45, 7) is 7.53. The van der Waals surface area contributed by atoms with Gasteiger partial charge in [0.2, 0.25) is 0 Å². The zero-order chi connectivity index (χ0) is 12.5. The predicted octanol–water partition coefficient (Wildman–Crippen LogP) is 1.54. The number of likely N-dealkylation sites (tertiary alicyclic amines) is 1. The minimum absolute atomic E-state index is 0.782. The summed E-state index contributed by atoms with van der Waals surface area (Å²) < 4.78 is 0. The van der Waals surface area contributed by atoms with Gasteiger partial charge in [-0.05, 0) is 65.1 Å². The summed E-state index contributed by atoms with van der Waals surface area (Å²) in [6, 6.07) is 2.56. The maximum Gasteiger partial charge on any atom is 0.0240 e. The molecular weight excluding hydrogens is 222 g/mol. The van der Waals surface area contributed by atoms with Gasteiger partial charge < -0.3 is 10.2 Å². The van der Waals surface area contributed by atoms with Crippen LogP contribution in [0.2, 0.25) is 0 Å². The lowest BCUT2D eigenvalue weighted by Crippen LogP contribution is -2.43. The van der Waals surface area contributed by atoms with E-state index in [1.807, 2.05) is 0 Å². The van der Waals surface area contributed by atoms with E-state index in [9.17, 15) is 0 Å². The van der Waals surface area contributed by atoms with Crippen molar-refractivity contribution in [3.05, 3.63) is 0 Å². The number of hydrogen-bond acceptors (Lipinski definition) is 3. The van der Waals surface area contributed by atoms with Crippen LogP contribution in [-0.2, 0) is 0 Å². The van der Waals surface area contributed by atoms with Crippen LogP contribution in [0.25, 0.3) is 0 Å². The highest BCUT2D eigenvalue weighted by Gasteiger charge is 2.39. The van der Waals surface area contributed by atoms with E-state index in [2.05, 4.69) is 29.1 Å². The van der Waals surface area contributed by atoms with Crippen LogP contribution in [0, 0.1) is 5.92 Å². The molecule has 1 saturated carbocycles. The Labute approximate surface area is 112 Å². The average molecular weight is 251 g/mol. The Morgan fingerprint density at radius 3 is 2.39 bits per heavy atom. The van der Waals surface area contributed by atoms with Crippen LogP contribution >= 0.6 is 0 Å². The second kappa shape index (κ2) is 5.48. The molecular formula is C15H29N3. The van der Waals surface area contributed by atoms with Crippen molar-refractivity contribution in [1.29, 1.82) is 0 Å². The van der Waals surface area contributed by atoms with Crippen molar-refractivity contribution in [3.63, 3.8) is 0 Å². The number of rotatable bonds is 4. The van der Waals surface area contributed by atoms with Crippen LogP contribution in [0.4, 0.5) is 0 Å². The van der Waals surface area contributed by atoms with Gasteiger partial charge in [0.15, 0.2) is 0 Å². The van der Waals surface area contributed by atoms with Gasteiger partial charge in [-0.1, -0.05) is 0 Å². The molecule has 3 rings (SSSR count). The van der Waals surface area contributed by atoms with E-state index < -0.39 is 0 Å². The summed E-state index contributed by atoms with van der Waals surface area (Å²) in [5.41, 5.74) is 0. The Kier molecular flexibility index (Phi) is 3.92. The van der Waals surface area contributed by atoms with E-state index >= 15 is 0 Å². The van der Waals surface area contributed by atoms with Crippen molar-refractivity contribution in [3.8, 4) is 0 Å². The van der Waals surface area contributed by atoms with Crippen molar-refractivity contribution in [2.75, 3.05) is 33.2 Å². The maximum atomic E-state index is 3.49. The largest absolute Gasteiger partial charge is 0.317 e. The lowest BCUT2D eigenvalue weighted by Gasteiger charge is -2.34. The Balaban J connectivity index is 1.58. The smallest absolute Gasteiger partial charge is 0.0240 e. The molecule has 3 nitrogen and oxygen atoms in total. The normalized spacial score (nSPS) is 35.5. The average Bonchev–Trinajstić information content (AvgIpc) is 3.15. The minimum Gasteiger partial charge on any atom is -0.317 e. The molecule has 2 atom stereocenters. The summed E-state index contributed by atoms with van der Waals surface area (Å²) in [5, 5.41) is 3.49. The summed E-state index contributed by atoms with van der Waals surface area (Å²) in [5.74, 6) is 0.952. The first-order valence-electron chi connectivity index (χ1n) is 7.90. The number of likely N-dealkylation sites (N-methyl/N-ethyl adjacent to an activating group) is 1. The molecule has 18 heavy (non-hydrogen) atoms. The summed E-state index contributed by atoms with van der Waals surface area (Å²) in [4.78, 5) is 5.43. The number of nitrogens with one attached hydrogen (secondary N) is 1. The fraction of sp³-hybridized carbons (Fsp3) is 1.00. The van der Waals surface area contributed by atoms with E-state index in [4.69, 9.17) is 0 Å². The second-order valence-corrected chi connectivity index (χ2v) is 6.80. The van der Waals surface area contributed by atoms with Crippen molar-refractivity contribution >= 4 is 0 Å². The fourth-order valence-electron chi connectivity index (χ4n) is 3.77. The molecule has 0 aromatic heterocycles. The van der Waals surface area contributed by atoms with E-state index in [1.165, 1.54) is 58.3 Å². The van der Waals surface area contributed by atoms with Crippen molar-refractivity contribution < 1.29 is 0 Å². The Morgan fingerprint density at radius 2 is 1.83 bits per heavy atom. The highest BCUT2D eigenvalue weighted by molar-refractivity contribution is 4.95. The summed E-state index contributed by atoms with van der Waals surface area (Å²) >= 11 is 0. The van der Waals surface area contributed by atoms with Gasteiger partial charge in [0.1, 0.15) is 0 Å². The van der Waals surface area contributed by atoms with Crippen molar-refractivity contribution in [2.24, 2.45) is 5.92 Å². The molecule has 2 saturated heterocycles. The molecule has 0 amide bonds.